The molecule has 0 bridgehead atoms. The van der Waals surface area contributed by atoms with Gasteiger partial charge in [-0.15, -0.1) is 10.2 Å². The zero-order chi connectivity index (χ0) is 13.0. The molecule has 96 valence electrons. The monoisotopic (exact) mass is 247 g/mol. The van der Waals surface area contributed by atoms with Crippen LogP contribution in [-0.4, -0.2) is 29.3 Å². The number of rotatable bonds is 5. The molecule has 0 aliphatic rings. The second-order valence-electron chi connectivity index (χ2n) is 4.24. The van der Waals surface area contributed by atoms with Crippen molar-refractivity contribution in [2.45, 2.75) is 20.0 Å². The number of ether oxygens (including phenoxy) is 1. The first-order valence-electron chi connectivity index (χ1n) is 5.78. The van der Waals surface area contributed by atoms with E-state index in [0.29, 0.717) is 18.3 Å². The molecule has 1 aromatic heterocycles. The molecule has 2 rings (SSSR count). The number of aromatic nitrogens is 2. The summed E-state index contributed by atoms with van der Waals surface area (Å²) in [5.74, 6) is 2.11. The van der Waals surface area contributed by atoms with Crippen LogP contribution >= 0.6 is 0 Å². The van der Waals surface area contributed by atoms with Crippen molar-refractivity contribution < 1.29 is 9.15 Å². The van der Waals surface area contributed by atoms with E-state index in [1.807, 2.05) is 31.3 Å². The highest BCUT2D eigenvalue weighted by Crippen LogP contribution is 2.13. The lowest BCUT2D eigenvalue weighted by atomic mass is 10.2. The van der Waals surface area contributed by atoms with Gasteiger partial charge in [-0.2, -0.15) is 0 Å². The molecule has 0 spiro atoms. The Balaban J connectivity index is 1.91. The summed E-state index contributed by atoms with van der Waals surface area (Å²) >= 11 is 0. The largest absolute Gasteiger partial charge is 0.497 e. The van der Waals surface area contributed by atoms with E-state index in [1.54, 1.807) is 14.0 Å². The summed E-state index contributed by atoms with van der Waals surface area (Å²) in [6.07, 6.45) is 0. The van der Waals surface area contributed by atoms with E-state index >= 15 is 0 Å². The van der Waals surface area contributed by atoms with Gasteiger partial charge in [-0.3, -0.25) is 4.90 Å². The van der Waals surface area contributed by atoms with Crippen LogP contribution < -0.4 is 4.74 Å². The molecule has 0 amide bonds. The summed E-state index contributed by atoms with van der Waals surface area (Å²) in [6.45, 7) is 3.26. The Morgan fingerprint density at radius 2 is 1.89 bits per heavy atom. The lowest BCUT2D eigenvalue weighted by molar-refractivity contribution is 0.278. The summed E-state index contributed by atoms with van der Waals surface area (Å²) in [4.78, 5) is 2.12. The van der Waals surface area contributed by atoms with Gasteiger partial charge in [0.05, 0.1) is 13.7 Å². The molecule has 1 heterocycles. The van der Waals surface area contributed by atoms with Crippen molar-refractivity contribution >= 4 is 0 Å². The molecule has 0 unspecified atom stereocenters. The van der Waals surface area contributed by atoms with Crippen molar-refractivity contribution in [2.24, 2.45) is 0 Å². The maximum Gasteiger partial charge on any atom is 0.230 e. The number of aryl methyl sites for hydroxylation is 1. The lowest BCUT2D eigenvalue weighted by Crippen LogP contribution is -2.17. The molecular formula is C13H17N3O2. The molecule has 0 radical (unpaired) electrons. The van der Waals surface area contributed by atoms with E-state index in [-0.39, 0.29) is 0 Å². The molecule has 5 heteroatoms. The fraction of sp³-hybridized carbons (Fsp3) is 0.385. The molecule has 0 atom stereocenters. The molecule has 0 N–H and O–H groups in total. The molecule has 0 aliphatic heterocycles. The fourth-order valence-corrected chi connectivity index (χ4v) is 1.73. The maximum atomic E-state index is 5.34. The quantitative estimate of drug-likeness (QED) is 0.809. The van der Waals surface area contributed by atoms with Crippen LogP contribution in [0.25, 0.3) is 0 Å². The van der Waals surface area contributed by atoms with E-state index in [1.165, 1.54) is 5.56 Å². The van der Waals surface area contributed by atoms with Crippen LogP contribution in [0.2, 0.25) is 0 Å². The predicted molar refractivity (Wildman–Crippen MR) is 67.2 cm³/mol. The second-order valence-corrected chi connectivity index (χ2v) is 4.24. The van der Waals surface area contributed by atoms with Crippen molar-refractivity contribution in [3.05, 3.63) is 41.6 Å². The predicted octanol–water partition coefficient (Wildman–Crippen LogP) is 2.02. The summed E-state index contributed by atoms with van der Waals surface area (Å²) in [5, 5.41) is 7.79. The third-order valence-electron chi connectivity index (χ3n) is 2.58. The average Bonchev–Trinajstić information content (AvgIpc) is 2.75. The standard InChI is InChI=1S/C13H17N3O2/c1-10-14-15-13(18-10)9-16(2)8-11-4-6-12(17-3)7-5-11/h4-7H,8-9H2,1-3H3. The Morgan fingerprint density at radius 1 is 1.17 bits per heavy atom. The zero-order valence-corrected chi connectivity index (χ0v) is 10.9. The highest BCUT2D eigenvalue weighted by Gasteiger charge is 2.07. The molecule has 5 nitrogen and oxygen atoms in total. The van der Waals surface area contributed by atoms with Gasteiger partial charge < -0.3 is 9.15 Å². The zero-order valence-electron chi connectivity index (χ0n) is 10.9. The van der Waals surface area contributed by atoms with Crippen LogP contribution in [0.1, 0.15) is 17.3 Å². The highest BCUT2D eigenvalue weighted by molar-refractivity contribution is 5.27. The Kier molecular flexibility index (Phi) is 3.94. The summed E-state index contributed by atoms with van der Waals surface area (Å²) in [5.41, 5.74) is 1.22. The van der Waals surface area contributed by atoms with Gasteiger partial charge in [-0.25, -0.2) is 0 Å². The molecule has 0 saturated heterocycles. The van der Waals surface area contributed by atoms with Crippen molar-refractivity contribution in [1.29, 1.82) is 0 Å². The second kappa shape index (κ2) is 5.64. The number of hydrogen-bond donors (Lipinski definition) is 0. The van der Waals surface area contributed by atoms with Gasteiger partial charge in [0.25, 0.3) is 0 Å². The number of hydrogen-bond acceptors (Lipinski definition) is 5. The first kappa shape index (κ1) is 12.6. The first-order valence-corrected chi connectivity index (χ1v) is 5.78. The Labute approximate surface area is 106 Å². The van der Waals surface area contributed by atoms with Crippen molar-refractivity contribution in [2.75, 3.05) is 14.2 Å². The minimum absolute atomic E-state index is 0.600. The highest BCUT2D eigenvalue weighted by atomic mass is 16.5. The van der Waals surface area contributed by atoms with E-state index in [4.69, 9.17) is 9.15 Å². The molecular weight excluding hydrogens is 230 g/mol. The maximum absolute atomic E-state index is 5.34. The van der Waals surface area contributed by atoms with Gasteiger partial charge in [0, 0.05) is 13.5 Å². The van der Waals surface area contributed by atoms with Gasteiger partial charge in [0.15, 0.2) is 0 Å². The molecule has 0 fully saturated rings. The number of nitrogens with zero attached hydrogens (tertiary/aromatic N) is 3. The minimum atomic E-state index is 0.600. The van der Waals surface area contributed by atoms with E-state index in [9.17, 15) is 0 Å². The molecule has 0 aliphatic carbocycles. The van der Waals surface area contributed by atoms with Gasteiger partial charge in [-0.1, -0.05) is 12.1 Å². The lowest BCUT2D eigenvalue weighted by Gasteiger charge is -2.14. The smallest absolute Gasteiger partial charge is 0.230 e. The first-order chi connectivity index (χ1) is 8.67. The van der Waals surface area contributed by atoms with Crippen molar-refractivity contribution in [1.82, 2.24) is 15.1 Å². The van der Waals surface area contributed by atoms with Crippen LogP contribution in [-0.2, 0) is 13.1 Å². The van der Waals surface area contributed by atoms with E-state index in [2.05, 4.69) is 15.1 Å². The SMILES string of the molecule is COc1ccc(CN(C)Cc2nnc(C)o2)cc1. The normalized spacial score (nSPS) is 10.9. The topological polar surface area (TPSA) is 51.4 Å². The summed E-state index contributed by atoms with van der Waals surface area (Å²) in [6, 6.07) is 8.02. The van der Waals surface area contributed by atoms with Crippen molar-refractivity contribution in [3.63, 3.8) is 0 Å². The summed E-state index contributed by atoms with van der Waals surface area (Å²) < 4.78 is 10.5. The molecule has 0 saturated carbocycles. The molecule has 18 heavy (non-hydrogen) atoms. The average molecular weight is 247 g/mol. The number of methoxy groups -OCH3 is 1. The Morgan fingerprint density at radius 3 is 2.44 bits per heavy atom. The molecule has 1 aromatic carbocycles. The van der Waals surface area contributed by atoms with E-state index < -0.39 is 0 Å². The summed E-state index contributed by atoms with van der Waals surface area (Å²) in [7, 11) is 3.68. The third-order valence-corrected chi connectivity index (χ3v) is 2.58. The van der Waals surface area contributed by atoms with Gasteiger partial charge >= 0.3 is 0 Å². The van der Waals surface area contributed by atoms with Crippen LogP contribution in [0, 0.1) is 6.92 Å². The van der Waals surface area contributed by atoms with Crippen LogP contribution in [0.3, 0.4) is 0 Å². The Bertz CT molecular complexity index is 493. The van der Waals surface area contributed by atoms with Gasteiger partial charge in [-0.05, 0) is 24.7 Å². The van der Waals surface area contributed by atoms with Crippen LogP contribution in [0.5, 0.6) is 5.75 Å². The van der Waals surface area contributed by atoms with E-state index in [0.717, 1.165) is 12.3 Å². The Hall–Kier alpha value is -1.88. The van der Waals surface area contributed by atoms with Crippen LogP contribution in [0.4, 0.5) is 0 Å². The molecule has 2 aromatic rings. The van der Waals surface area contributed by atoms with Crippen molar-refractivity contribution in [3.8, 4) is 5.75 Å². The number of benzene rings is 1. The van der Waals surface area contributed by atoms with Crippen LogP contribution in [0.15, 0.2) is 28.7 Å². The van der Waals surface area contributed by atoms with Gasteiger partial charge in [0.1, 0.15) is 5.75 Å². The minimum Gasteiger partial charge on any atom is -0.497 e. The van der Waals surface area contributed by atoms with Gasteiger partial charge in [0.2, 0.25) is 11.8 Å². The fourth-order valence-electron chi connectivity index (χ4n) is 1.73. The third kappa shape index (κ3) is 3.30.